The fraction of sp³-hybridized carbons (Fsp3) is 0.714. The highest BCUT2D eigenvalue weighted by atomic mass is 16.4. The zero-order valence-electron chi connectivity index (χ0n) is 36.2. The molecule has 0 radical (unpaired) electrons. The smallest absolute Gasteiger partial charge is 0.322 e. The van der Waals surface area contributed by atoms with E-state index in [0.717, 1.165) is 22.9 Å². The SMILES string of the molecule is CC.CCN(C)C(=O)CN(C)C.CCN(C)C(=O)CN(C)C=O.CCNC(C)C.CN(CC(=O)NCC=O)C(=O)CN(C)C(=O)CNC=O.O=CNCC(=O)O. The molecule has 0 rings (SSSR count). The predicted molar refractivity (Wildman–Crippen MR) is 214 cm³/mol. The highest BCUT2D eigenvalue weighted by Crippen LogP contribution is 1.91. The van der Waals surface area contributed by atoms with Crippen LogP contribution in [0.2, 0.25) is 0 Å². The van der Waals surface area contributed by atoms with Crippen molar-refractivity contribution in [1.29, 1.82) is 0 Å². The van der Waals surface area contributed by atoms with Crippen molar-refractivity contribution in [3.05, 3.63) is 0 Å². The lowest BCUT2D eigenvalue weighted by atomic mass is 10.4. The molecule has 328 valence electrons. The predicted octanol–water partition coefficient (Wildman–Crippen LogP) is -2.61. The van der Waals surface area contributed by atoms with Crippen molar-refractivity contribution in [1.82, 2.24) is 50.7 Å². The van der Waals surface area contributed by atoms with E-state index in [1.54, 1.807) is 23.9 Å². The summed E-state index contributed by atoms with van der Waals surface area (Å²) >= 11 is 0. The molecule has 0 fully saturated rings. The molecule has 0 unspecified atom stereocenters. The molecule has 0 aliphatic heterocycles. The van der Waals surface area contributed by atoms with Crippen molar-refractivity contribution in [3.63, 3.8) is 0 Å². The summed E-state index contributed by atoms with van der Waals surface area (Å²) in [4.78, 5) is 114. The summed E-state index contributed by atoms with van der Waals surface area (Å²) < 4.78 is 0. The van der Waals surface area contributed by atoms with Crippen molar-refractivity contribution in [2.24, 2.45) is 0 Å². The van der Waals surface area contributed by atoms with Crippen LogP contribution in [0.4, 0.5) is 0 Å². The maximum atomic E-state index is 11.7. The van der Waals surface area contributed by atoms with E-state index in [0.29, 0.717) is 44.6 Å². The highest BCUT2D eigenvalue weighted by Gasteiger charge is 2.17. The summed E-state index contributed by atoms with van der Waals surface area (Å²) in [6.07, 6.45) is 1.90. The van der Waals surface area contributed by atoms with E-state index in [1.807, 2.05) is 59.1 Å². The normalized spacial score (nSPS) is 9.00. The van der Waals surface area contributed by atoms with Gasteiger partial charge in [-0.2, -0.15) is 0 Å². The molecule has 0 aromatic rings. The van der Waals surface area contributed by atoms with Crippen LogP contribution < -0.4 is 21.3 Å². The van der Waals surface area contributed by atoms with E-state index in [2.05, 4.69) is 36.7 Å². The number of carboxylic acids is 1. The Kier molecular flexibility index (Phi) is 49.6. The van der Waals surface area contributed by atoms with Gasteiger partial charge in [0.25, 0.3) is 0 Å². The van der Waals surface area contributed by atoms with Crippen LogP contribution in [0.3, 0.4) is 0 Å². The molecule has 0 aromatic heterocycles. The average molecular weight is 809 g/mol. The topological polar surface area (TPSA) is 258 Å². The molecule has 0 aliphatic carbocycles. The van der Waals surface area contributed by atoms with Gasteiger partial charge in [-0.15, -0.1) is 0 Å². The standard InChI is InChI=1S/C11H18N4O5.C7H14N2O2.C7H16N2O.C5H13N.C3H5NO3.C2H6/c1-14(6-9(18)13-3-4-16)11(20)7-15(2)10(19)5-12-8-17;1-4-9(3)7(11)5-8(2)6-10;1-5-9(4)7(10)6-8(2)3;1-4-6-5(2)3;5-2-4-1-3(6)7;1-2/h4,8H,3,5-7H2,1-2H3,(H,12,17)(H,13,18);6H,4-5H2,1-3H3;5-6H2,1-4H3;5-6H,4H2,1-3H3;2H,1H2,(H,4,5)(H,6,7);1-2H3. The van der Waals surface area contributed by atoms with Crippen molar-refractivity contribution in [3.8, 4) is 0 Å². The highest BCUT2D eigenvalue weighted by molar-refractivity contribution is 5.89. The summed E-state index contributed by atoms with van der Waals surface area (Å²) in [5.41, 5.74) is 0. The first-order valence-electron chi connectivity index (χ1n) is 17.9. The summed E-state index contributed by atoms with van der Waals surface area (Å²) in [5.74, 6) is -2.23. The van der Waals surface area contributed by atoms with E-state index in [9.17, 15) is 47.9 Å². The van der Waals surface area contributed by atoms with Gasteiger partial charge in [-0.05, 0) is 34.5 Å². The number of hydrogen-bond donors (Lipinski definition) is 5. The minimum atomic E-state index is -1.04. The minimum Gasteiger partial charge on any atom is -0.480 e. The number of aliphatic carboxylic acids is 1. The second kappa shape index (κ2) is 44.2. The third-order valence-electron chi connectivity index (χ3n) is 6.09. The Balaban J connectivity index is -0.000000148. The number of carbonyl (C=O) groups is 10. The zero-order valence-corrected chi connectivity index (χ0v) is 36.2. The van der Waals surface area contributed by atoms with Crippen LogP contribution in [0.5, 0.6) is 0 Å². The van der Waals surface area contributed by atoms with Crippen molar-refractivity contribution < 1.29 is 53.1 Å². The average Bonchev–Trinajstić information content (AvgIpc) is 3.15. The molecule has 21 nitrogen and oxygen atoms in total. The maximum absolute atomic E-state index is 11.7. The van der Waals surface area contributed by atoms with Crippen LogP contribution in [-0.2, 0) is 47.9 Å². The molecule has 5 N–H and O–H groups in total. The van der Waals surface area contributed by atoms with E-state index in [1.165, 1.54) is 19.0 Å². The van der Waals surface area contributed by atoms with Crippen LogP contribution in [-0.4, -0.2) is 216 Å². The first kappa shape index (κ1) is 62.8. The Morgan fingerprint density at radius 3 is 1.36 bits per heavy atom. The number of rotatable bonds is 21. The summed E-state index contributed by atoms with van der Waals surface area (Å²) in [6, 6.07) is 0.648. The molecule has 0 bridgehead atoms. The number of amides is 8. The number of hydrogen-bond acceptors (Lipinski definition) is 12. The molecule has 0 spiro atoms. The number of likely N-dealkylation sites (N-methyl/N-ethyl adjacent to an activating group) is 6. The van der Waals surface area contributed by atoms with Gasteiger partial charge in [0.1, 0.15) is 12.8 Å². The van der Waals surface area contributed by atoms with E-state index < -0.39 is 23.7 Å². The number of aldehydes is 1. The number of carbonyl (C=O) groups excluding carboxylic acids is 9. The molecule has 0 saturated heterocycles. The number of nitrogens with zero attached hydrogens (tertiary/aromatic N) is 6. The molecule has 0 heterocycles. The van der Waals surface area contributed by atoms with E-state index in [4.69, 9.17) is 5.11 Å². The second-order valence-electron chi connectivity index (χ2n) is 11.6. The van der Waals surface area contributed by atoms with Gasteiger partial charge in [0.15, 0.2) is 0 Å². The molecule has 0 atom stereocenters. The van der Waals surface area contributed by atoms with Gasteiger partial charge in [0.2, 0.25) is 48.8 Å². The van der Waals surface area contributed by atoms with Crippen molar-refractivity contribution in [2.75, 3.05) is 115 Å². The van der Waals surface area contributed by atoms with Gasteiger partial charge in [0.05, 0.1) is 39.3 Å². The Hall–Kier alpha value is -5.18. The lowest BCUT2D eigenvalue weighted by Gasteiger charge is -2.21. The second-order valence-corrected chi connectivity index (χ2v) is 11.6. The molecule has 0 aromatic carbocycles. The summed E-state index contributed by atoms with van der Waals surface area (Å²) in [7, 11) is 11.7. The molecule has 56 heavy (non-hydrogen) atoms. The first-order valence-corrected chi connectivity index (χ1v) is 17.9. The quantitative estimate of drug-likeness (QED) is 0.0747. The Morgan fingerprint density at radius 1 is 0.607 bits per heavy atom. The molecular formula is C35H72N10O11. The molecule has 0 aliphatic rings. The molecule has 0 saturated carbocycles. The molecule has 21 heteroatoms. The van der Waals surface area contributed by atoms with Gasteiger partial charge in [-0.25, -0.2) is 0 Å². The van der Waals surface area contributed by atoms with E-state index in [-0.39, 0.29) is 51.1 Å². The Bertz CT molecular complexity index is 1100. The van der Waals surface area contributed by atoms with Crippen LogP contribution in [0.1, 0.15) is 48.5 Å². The van der Waals surface area contributed by atoms with Crippen LogP contribution in [0.15, 0.2) is 0 Å². The van der Waals surface area contributed by atoms with Gasteiger partial charge < -0.3 is 60.6 Å². The minimum absolute atomic E-state index is 0.0397. The fourth-order valence-corrected chi connectivity index (χ4v) is 2.84. The van der Waals surface area contributed by atoms with Crippen LogP contribution >= 0.6 is 0 Å². The Morgan fingerprint density at radius 2 is 1.04 bits per heavy atom. The monoisotopic (exact) mass is 809 g/mol. The van der Waals surface area contributed by atoms with Crippen molar-refractivity contribution >= 4 is 61.0 Å². The lowest BCUT2D eigenvalue weighted by molar-refractivity contribution is -0.140. The van der Waals surface area contributed by atoms with Crippen LogP contribution in [0.25, 0.3) is 0 Å². The third-order valence-corrected chi connectivity index (χ3v) is 6.09. The number of nitrogens with one attached hydrogen (secondary N) is 4. The summed E-state index contributed by atoms with van der Waals surface area (Å²) in [5, 5.41) is 17.5. The largest absolute Gasteiger partial charge is 0.480 e. The fourth-order valence-electron chi connectivity index (χ4n) is 2.84. The lowest BCUT2D eigenvalue weighted by Crippen LogP contribution is -2.45. The number of carboxylic acid groups (broad SMARTS) is 1. The molecule has 8 amide bonds. The zero-order chi connectivity index (χ0) is 45.2. The van der Waals surface area contributed by atoms with Crippen LogP contribution in [0, 0.1) is 0 Å². The maximum Gasteiger partial charge on any atom is 0.322 e. The third kappa shape index (κ3) is 48.8. The van der Waals surface area contributed by atoms with Gasteiger partial charge in [0, 0.05) is 54.4 Å². The Labute approximate surface area is 333 Å². The molecular weight excluding hydrogens is 736 g/mol. The van der Waals surface area contributed by atoms with Crippen molar-refractivity contribution in [2.45, 2.75) is 54.5 Å². The van der Waals surface area contributed by atoms with E-state index >= 15 is 0 Å². The van der Waals surface area contributed by atoms with Gasteiger partial charge in [-0.3, -0.25) is 43.2 Å². The van der Waals surface area contributed by atoms with Gasteiger partial charge >= 0.3 is 5.97 Å². The first-order chi connectivity index (χ1) is 26.1. The van der Waals surface area contributed by atoms with Gasteiger partial charge in [-0.1, -0.05) is 34.6 Å². The summed E-state index contributed by atoms with van der Waals surface area (Å²) in [6.45, 7) is 16.4.